The second-order valence-electron chi connectivity index (χ2n) is 6.60. The molecular formula is C20H22N2O5S. The Morgan fingerprint density at radius 1 is 1.21 bits per heavy atom. The van der Waals surface area contributed by atoms with Gasteiger partial charge in [0.15, 0.2) is 0 Å². The fourth-order valence-electron chi connectivity index (χ4n) is 3.36. The lowest BCUT2D eigenvalue weighted by Crippen LogP contribution is -2.15. The Balaban J connectivity index is 1.95. The molecule has 0 unspecified atom stereocenters. The molecule has 28 heavy (non-hydrogen) atoms. The third-order valence-corrected chi connectivity index (χ3v) is 5.90. The van der Waals surface area contributed by atoms with Crippen molar-refractivity contribution < 1.29 is 19.2 Å². The number of nitrogens with one attached hydrogen (secondary N) is 1. The SMILES string of the molecule is CCOC(=O)c1c(NC(=O)c2cccc([N+](=O)[O-])c2)sc2c1CCCCCC2. The van der Waals surface area contributed by atoms with Gasteiger partial charge in [-0.1, -0.05) is 18.9 Å². The zero-order valence-corrected chi connectivity index (χ0v) is 16.5. The summed E-state index contributed by atoms with van der Waals surface area (Å²) in [7, 11) is 0. The summed E-state index contributed by atoms with van der Waals surface area (Å²) in [6, 6.07) is 5.53. The van der Waals surface area contributed by atoms with E-state index in [0.29, 0.717) is 10.6 Å². The molecule has 1 N–H and O–H groups in total. The largest absolute Gasteiger partial charge is 0.462 e. The van der Waals surface area contributed by atoms with Crippen LogP contribution in [0.3, 0.4) is 0 Å². The van der Waals surface area contributed by atoms with Gasteiger partial charge in [0, 0.05) is 22.6 Å². The van der Waals surface area contributed by atoms with Crippen LogP contribution in [0.5, 0.6) is 0 Å². The number of nitrogens with zero attached hydrogens (tertiary/aromatic N) is 1. The van der Waals surface area contributed by atoms with E-state index in [1.807, 2.05) is 0 Å². The number of nitro benzene ring substituents is 1. The number of ether oxygens (including phenoxy) is 1. The lowest BCUT2D eigenvalue weighted by Gasteiger charge is -2.11. The molecule has 1 heterocycles. The van der Waals surface area contributed by atoms with E-state index >= 15 is 0 Å². The molecule has 1 amide bonds. The first kappa shape index (κ1) is 20.0. The first-order chi connectivity index (χ1) is 13.5. The maximum absolute atomic E-state index is 12.7. The molecule has 0 saturated carbocycles. The molecule has 0 fully saturated rings. The molecule has 148 valence electrons. The van der Waals surface area contributed by atoms with Gasteiger partial charge in [-0.3, -0.25) is 14.9 Å². The van der Waals surface area contributed by atoms with Gasteiger partial charge in [-0.05, 0) is 44.2 Å². The van der Waals surface area contributed by atoms with E-state index in [-0.39, 0.29) is 17.9 Å². The standard InChI is InChI=1S/C20H22N2O5S/c1-2-27-20(24)17-15-10-5-3-4-6-11-16(15)28-19(17)21-18(23)13-8-7-9-14(12-13)22(25)26/h7-9,12H,2-6,10-11H2,1H3,(H,21,23). The zero-order chi connectivity index (χ0) is 20.1. The lowest BCUT2D eigenvalue weighted by atomic mass is 9.96. The Labute approximate surface area is 166 Å². The fourth-order valence-corrected chi connectivity index (χ4v) is 4.64. The molecule has 0 saturated heterocycles. The second-order valence-corrected chi connectivity index (χ2v) is 7.71. The van der Waals surface area contributed by atoms with Crippen LogP contribution in [0.2, 0.25) is 0 Å². The Kier molecular flexibility index (Phi) is 6.41. The van der Waals surface area contributed by atoms with Crippen molar-refractivity contribution in [3.63, 3.8) is 0 Å². The molecule has 3 rings (SSSR count). The van der Waals surface area contributed by atoms with Crippen LogP contribution in [0.15, 0.2) is 24.3 Å². The molecule has 0 aliphatic heterocycles. The number of fused-ring (bicyclic) bond motifs is 1. The van der Waals surface area contributed by atoms with Crippen LogP contribution in [0, 0.1) is 10.1 Å². The summed E-state index contributed by atoms with van der Waals surface area (Å²) in [5, 5.41) is 14.2. The summed E-state index contributed by atoms with van der Waals surface area (Å²) < 4.78 is 5.23. The Bertz CT molecular complexity index is 906. The topological polar surface area (TPSA) is 98.5 Å². The van der Waals surface area contributed by atoms with E-state index in [4.69, 9.17) is 4.74 Å². The molecule has 0 bridgehead atoms. The number of thiophene rings is 1. The van der Waals surface area contributed by atoms with Gasteiger partial charge in [0.2, 0.25) is 0 Å². The van der Waals surface area contributed by atoms with Crippen molar-refractivity contribution in [2.75, 3.05) is 11.9 Å². The van der Waals surface area contributed by atoms with Crippen LogP contribution >= 0.6 is 11.3 Å². The highest BCUT2D eigenvalue weighted by Crippen LogP contribution is 2.38. The number of hydrogen-bond acceptors (Lipinski definition) is 6. The van der Waals surface area contributed by atoms with Gasteiger partial charge < -0.3 is 10.1 Å². The monoisotopic (exact) mass is 402 g/mol. The van der Waals surface area contributed by atoms with Gasteiger partial charge in [-0.15, -0.1) is 11.3 Å². The van der Waals surface area contributed by atoms with Gasteiger partial charge in [0.05, 0.1) is 17.1 Å². The number of benzene rings is 1. The van der Waals surface area contributed by atoms with Gasteiger partial charge >= 0.3 is 5.97 Å². The van der Waals surface area contributed by atoms with Gasteiger partial charge in [-0.25, -0.2) is 4.79 Å². The number of esters is 1. The average Bonchev–Trinajstić information content (AvgIpc) is 2.98. The summed E-state index contributed by atoms with van der Waals surface area (Å²) in [5.74, 6) is -0.918. The molecule has 1 aliphatic rings. The van der Waals surface area contributed by atoms with Crippen molar-refractivity contribution in [2.24, 2.45) is 0 Å². The van der Waals surface area contributed by atoms with Crippen molar-refractivity contribution in [1.82, 2.24) is 0 Å². The normalized spacial score (nSPS) is 13.8. The lowest BCUT2D eigenvalue weighted by molar-refractivity contribution is -0.384. The van der Waals surface area contributed by atoms with Gasteiger partial charge in [-0.2, -0.15) is 0 Å². The van der Waals surface area contributed by atoms with E-state index < -0.39 is 16.8 Å². The first-order valence-electron chi connectivity index (χ1n) is 9.38. The minimum absolute atomic E-state index is 0.156. The van der Waals surface area contributed by atoms with Crippen molar-refractivity contribution >= 4 is 33.9 Å². The smallest absolute Gasteiger partial charge is 0.341 e. The number of nitro groups is 1. The number of aryl methyl sites for hydroxylation is 1. The van der Waals surface area contributed by atoms with Crippen molar-refractivity contribution in [3.8, 4) is 0 Å². The summed E-state index contributed by atoms with van der Waals surface area (Å²) in [6.07, 6.45) is 5.97. The molecule has 7 nitrogen and oxygen atoms in total. The van der Waals surface area contributed by atoms with E-state index in [9.17, 15) is 19.7 Å². The number of amides is 1. The number of rotatable bonds is 5. The van der Waals surface area contributed by atoms with E-state index in [1.54, 1.807) is 6.92 Å². The molecular weight excluding hydrogens is 380 g/mol. The van der Waals surface area contributed by atoms with Crippen LogP contribution < -0.4 is 5.32 Å². The Morgan fingerprint density at radius 2 is 1.96 bits per heavy atom. The average molecular weight is 402 g/mol. The maximum Gasteiger partial charge on any atom is 0.341 e. The number of carbonyl (C=O) groups excluding carboxylic acids is 2. The van der Waals surface area contributed by atoms with Gasteiger partial charge in [0.25, 0.3) is 11.6 Å². The zero-order valence-electron chi connectivity index (χ0n) is 15.7. The first-order valence-corrected chi connectivity index (χ1v) is 10.2. The summed E-state index contributed by atoms with van der Waals surface area (Å²) in [6.45, 7) is 2.00. The summed E-state index contributed by atoms with van der Waals surface area (Å²) >= 11 is 1.41. The third kappa shape index (κ3) is 4.39. The Morgan fingerprint density at radius 3 is 2.68 bits per heavy atom. The van der Waals surface area contributed by atoms with E-state index in [2.05, 4.69) is 5.32 Å². The predicted octanol–water partition coefficient (Wildman–Crippen LogP) is 4.74. The highest BCUT2D eigenvalue weighted by molar-refractivity contribution is 7.17. The summed E-state index contributed by atoms with van der Waals surface area (Å²) in [5.41, 5.74) is 1.42. The minimum Gasteiger partial charge on any atom is -0.462 e. The van der Waals surface area contributed by atoms with Crippen LogP contribution in [0.25, 0.3) is 0 Å². The number of hydrogen-bond donors (Lipinski definition) is 1. The maximum atomic E-state index is 12.7. The molecule has 1 aromatic carbocycles. The molecule has 8 heteroatoms. The van der Waals surface area contributed by atoms with Crippen LogP contribution in [0.4, 0.5) is 10.7 Å². The van der Waals surface area contributed by atoms with Crippen molar-refractivity contribution in [1.29, 1.82) is 0 Å². The molecule has 0 atom stereocenters. The number of carbonyl (C=O) groups is 2. The van der Waals surface area contributed by atoms with Crippen molar-refractivity contribution in [2.45, 2.75) is 45.4 Å². The highest BCUT2D eigenvalue weighted by atomic mass is 32.1. The van der Waals surface area contributed by atoms with E-state index in [1.165, 1.54) is 35.6 Å². The van der Waals surface area contributed by atoms with Crippen LogP contribution in [-0.4, -0.2) is 23.4 Å². The minimum atomic E-state index is -0.544. The second kappa shape index (κ2) is 8.97. The Hall–Kier alpha value is -2.74. The molecule has 0 radical (unpaired) electrons. The van der Waals surface area contributed by atoms with Gasteiger partial charge in [0.1, 0.15) is 5.00 Å². The van der Waals surface area contributed by atoms with E-state index in [0.717, 1.165) is 49.0 Å². The predicted molar refractivity (Wildman–Crippen MR) is 107 cm³/mol. The van der Waals surface area contributed by atoms with Crippen LogP contribution in [0.1, 0.15) is 63.8 Å². The molecule has 1 aromatic heterocycles. The van der Waals surface area contributed by atoms with Crippen molar-refractivity contribution in [3.05, 3.63) is 55.9 Å². The third-order valence-electron chi connectivity index (χ3n) is 4.70. The quantitative estimate of drug-likeness (QED) is 0.442. The molecule has 1 aliphatic carbocycles. The fraction of sp³-hybridized carbons (Fsp3) is 0.400. The molecule has 0 spiro atoms. The highest BCUT2D eigenvalue weighted by Gasteiger charge is 2.26. The van der Waals surface area contributed by atoms with Crippen LogP contribution in [-0.2, 0) is 17.6 Å². The number of non-ortho nitro benzene ring substituents is 1. The molecule has 2 aromatic rings. The summed E-state index contributed by atoms with van der Waals surface area (Å²) in [4.78, 5) is 36.8. The number of anilines is 1.